The molecule has 0 unspecified atom stereocenters. The molecule has 1 aromatic rings. The van der Waals surface area contributed by atoms with E-state index in [9.17, 15) is 8.78 Å². The molecule has 0 saturated heterocycles. The first-order chi connectivity index (χ1) is 6.06. The van der Waals surface area contributed by atoms with Crippen molar-refractivity contribution in [3.05, 3.63) is 20.9 Å². The molecular formula is C7H6ClF2IN2. The van der Waals surface area contributed by atoms with Gasteiger partial charge in [-0.2, -0.15) is 0 Å². The first kappa shape index (κ1) is 10.9. The van der Waals surface area contributed by atoms with Crippen molar-refractivity contribution in [1.82, 2.24) is 4.98 Å². The fraction of sp³-hybridized carbons (Fsp3) is 0.286. The molecule has 72 valence electrons. The molecule has 0 fully saturated rings. The van der Waals surface area contributed by atoms with E-state index in [2.05, 4.69) is 4.98 Å². The first-order valence-electron chi connectivity index (χ1n) is 3.35. The highest BCUT2D eigenvalue weighted by Gasteiger charge is 2.15. The molecule has 1 rings (SSSR count). The number of hydrogen-bond donors (Lipinski definition) is 1. The average molecular weight is 318 g/mol. The summed E-state index contributed by atoms with van der Waals surface area (Å²) in [6.07, 6.45) is -2.54. The van der Waals surface area contributed by atoms with Gasteiger partial charge >= 0.3 is 0 Å². The molecular weight excluding hydrogens is 312 g/mol. The second kappa shape index (κ2) is 4.36. The highest BCUT2D eigenvalue weighted by atomic mass is 127. The van der Waals surface area contributed by atoms with Crippen LogP contribution in [0.15, 0.2) is 6.07 Å². The zero-order valence-electron chi connectivity index (χ0n) is 6.40. The molecule has 0 radical (unpaired) electrons. The minimum absolute atomic E-state index is 0.0842. The van der Waals surface area contributed by atoms with Gasteiger partial charge in [-0.05, 0) is 28.7 Å². The van der Waals surface area contributed by atoms with Gasteiger partial charge in [0.15, 0.2) is 0 Å². The SMILES string of the molecule is Nc1nc(CCl)cc(C(F)F)c1I. The number of halogens is 4. The van der Waals surface area contributed by atoms with Crippen LogP contribution in [-0.4, -0.2) is 4.98 Å². The van der Waals surface area contributed by atoms with E-state index in [-0.39, 0.29) is 17.3 Å². The van der Waals surface area contributed by atoms with Crippen LogP contribution in [0.3, 0.4) is 0 Å². The van der Waals surface area contributed by atoms with Crippen LogP contribution in [0.2, 0.25) is 0 Å². The van der Waals surface area contributed by atoms with Crippen LogP contribution in [-0.2, 0) is 5.88 Å². The lowest BCUT2D eigenvalue weighted by Gasteiger charge is -2.07. The van der Waals surface area contributed by atoms with E-state index >= 15 is 0 Å². The van der Waals surface area contributed by atoms with Crippen molar-refractivity contribution in [2.24, 2.45) is 0 Å². The predicted molar refractivity (Wildman–Crippen MR) is 55.9 cm³/mol. The molecule has 0 atom stereocenters. The van der Waals surface area contributed by atoms with E-state index in [1.165, 1.54) is 6.07 Å². The summed E-state index contributed by atoms with van der Waals surface area (Å²) in [4.78, 5) is 3.84. The molecule has 1 aromatic heterocycles. The molecule has 0 spiro atoms. The standard InChI is InChI=1S/C7H6ClF2IN2/c8-2-3-1-4(6(9)10)5(11)7(12)13-3/h1,6H,2H2,(H2,12,13). The largest absolute Gasteiger partial charge is 0.383 e. The molecule has 0 amide bonds. The van der Waals surface area contributed by atoms with Gasteiger partial charge in [0.25, 0.3) is 6.43 Å². The van der Waals surface area contributed by atoms with Crippen LogP contribution < -0.4 is 5.73 Å². The van der Waals surface area contributed by atoms with Crippen molar-refractivity contribution >= 4 is 40.0 Å². The van der Waals surface area contributed by atoms with Gasteiger partial charge in [-0.1, -0.05) is 0 Å². The number of anilines is 1. The number of alkyl halides is 3. The summed E-state index contributed by atoms with van der Waals surface area (Å²) in [5, 5.41) is 0. The molecule has 0 aromatic carbocycles. The molecule has 1 heterocycles. The van der Waals surface area contributed by atoms with Gasteiger partial charge in [0.05, 0.1) is 15.1 Å². The molecule has 0 bridgehead atoms. The zero-order chi connectivity index (χ0) is 10.0. The fourth-order valence-electron chi connectivity index (χ4n) is 0.854. The Kier molecular flexibility index (Phi) is 3.66. The van der Waals surface area contributed by atoms with Crippen molar-refractivity contribution in [1.29, 1.82) is 0 Å². The molecule has 0 saturated carbocycles. The first-order valence-corrected chi connectivity index (χ1v) is 4.96. The number of pyridine rings is 1. The Morgan fingerprint density at radius 2 is 2.23 bits per heavy atom. The number of hydrogen-bond acceptors (Lipinski definition) is 2. The van der Waals surface area contributed by atoms with E-state index in [4.69, 9.17) is 17.3 Å². The summed E-state index contributed by atoms with van der Waals surface area (Å²) < 4.78 is 25.1. The molecule has 13 heavy (non-hydrogen) atoms. The third-order valence-electron chi connectivity index (χ3n) is 1.44. The zero-order valence-corrected chi connectivity index (χ0v) is 9.31. The van der Waals surface area contributed by atoms with Gasteiger partial charge < -0.3 is 5.73 Å². The van der Waals surface area contributed by atoms with Crippen LogP contribution >= 0.6 is 34.2 Å². The van der Waals surface area contributed by atoms with E-state index in [0.29, 0.717) is 9.26 Å². The van der Waals surface area contributed by atoms with E-state index in [0.717, 1.165) is 0 Å². The Hall–Kier alpha value is -0.170. The maximum atomic E-state index is 12.4. The normalized spacial score (nSPS) is 10.8. The smallest absolute Gasteiger partial charge is 0.265 e. The van der Waals surface area contributed by atoms with E-state index in [1.54, 1.807) is 22.6 Å². The number of rotatable bonds is 2. The molecule has 6 heteroatoms. The predicted octanol–water partition coefficient (Wildman–Crippen LogP) is 2.94. The number of nitrogens with zero attached hydrogens (tertiary/aromatic N) is 1. The number of nitrogen functional groups attached to an aromatic ring is 1. The van der Waals surface area contributed by atoms with Crippen molar-refractivity contribution in [2.45, 2.75) is 12.3 Å². The van der Waals surface area contributed by atoms with Gasteiger partial charge in [0.2, 0.25) is 0 Å². The van der Waals surface area contributed by atoms with Crippen LogP contribution in [0, 0.1) is 3.57 Å². The Bertz CT molecular complexity index is 320. The molecule has 2 nitrogen and oxygen atoms in total. The number of aromatic nitrogens is 1. The summed E-state index contributed by atoms with van der Waals surface area (Å²) in [5.41, 5.74) is 5.69. The van der Waals surface area contributed by atoms with E-state index in [1.807, 2.05) is 0 Å². The van der Waals surface area contributed by atoms with Gasteiger partial charge in [-0.3, -0.25) is 0 Å². The second-order valence-electron chi connectivity index (χ2n) is 2.34. The maximum absolute atomic E-state index is 12.4. The lowest BCUT2D eigenvalue weighted by atomic mass is 10.2. The van der Waals surface area contributed by atoms with Crippen molar-refractivity contribution in [3.63, 3.8) is 0 Å². The minimum Gasteiger partial charge on any atom is -0.383 e. The highest BCUT2D eigenvalue weighted by molar-refractivity contribution is 14.1. The van der Waals surface area contributed by atoms with Crippen molar-refractivity contribution in [2.75, 3.05) is 5.73 Å². The second-order valence-corrected chi connectivity index (χ2v) is 3.68. The average Bonchev–Trinajstić information content (AvgIpc) is 2.09. The summed E-state index contributed by atoms with van der Waals surface area (Å²) >= 11 is 7.21. The summed E-state index contributed by atoms with van der Waals surface area (Å²) in [5.74, 6) is 0.190. The highest BCUT2D eigenvalue weighted by Crippen LogP contribution is 2.28. The Balaban J connectivity index is 3.25. The maximum Gasteiger partial charge on any atom is 0.265 e. The third kappa shape index (κ3) is 2.40. The summed E-state index contributed by atoms with van der Waals surface area (Å²) in [6, 6.07) is 1.27. The summed E-state index contributed by atoms with van der Waals surface area (Å²) in [7, 11) is 0. The molecule has 0 aliphatic rings. The number of nitrogens with two attached hydrogens (primary N) is 1. The van der Waals surface area contributed by atoms with Crippen LogP contribution in [0.5, 0.6) is 0 Å². The van der Waals surface area contributed by atoms with Gasteiger partial charge in [0.1, 0.15) is 5.82 Å². The Morgan fingerprint density at radius 1 is 1.62 bits per heavy atom. The van der Waals surface area contributed by atoms with Crippen LogP contribution in [0.4, 0.5) is 14.6 Å². The van der Waals surface area contributed by atoms with Gasteiger partial charge in [-0.25, -0.2) is 13.8 Å². The van der Waals surface area contributed by atoms with Crippen molar-refractivity contribution in [3.8, 4) is 0 Å². The molecule has 2 N–H and O–H groups in total. The van der Waals surface area contributed by atoms with Crippen LogP contribution in [0.1, 0.15) is 17.7 Å². The quantitative estimate of drug-likeness (QED) is 0.672. The lowest BCUT2D eigenvalue weighted by molar-refractivity contribution is 0.150. The monoisotopic (exact) mass is 318 g/mol. The third-order valence-corrected chi connectivity index (χ3v) is 2.89. The lowest BCUT2D eigenvalue weighted by Crippen LogP contribution is -2.02. The summed E-state index contributed by atoms with van der Waals surface area (Å²) in [6.45, 7) is 0. The molecule has 0 aliphatic heterocycles. The minimum atomic E-state index is -2.54. The fourth-order valence-corrected chi connectivity index (χ4v) is 1.50. The topological polar surface area (TPSA) is 38.9 Å². The Labute approximate surface area is 92.6 Å². The van der Waals surface area contributed by atoms with Gasteiger partial charge in [0, 0.05) is 5.56 Å². The van der Waals surface area contributed by atoms with Crippen LogP contribution in [0.25, 0.3) is 0 Å². The van der Waals surface area contributed by atoms with E-state index < -0.39 is 6.43 Å². The van der Waals surface area contributed by atoms with Gasteiger partial charge in [-0.15, -0.1) is 11.6 Å². The van der Waals surface area contributed by atoms with Crippen molar-refractivity contribution < 1.29 is 8.78 Å². The Morgan fingerprint density at radius 3 is 2.69 bits per heavy atom. The molecule has 0 aliphatic carbocycles.